The van der Waals surface area contributed by atoms with E-state index >= 15 is 0 Å². The van der Waals surface area contributed by atoms with E-state index in [9.17, 15) is 4.79 Å². The molecule has 0 bridgehead atoms. The molecule has 2 aromatic heterocycles. The second-order valence-electron chi connectivity index (χ2n) is 2.30. The predicted molar refractivity (Wildman–Crippen MR) is 40.8 cm³/mol. The molecule has 2 N–H and O–H groups in total. The minimum absolute atomic E-state index is 0.216. The summed E-state index contributed by atoms with van der Waals surface area (Å²) >= 11 is 0. The molecule has 12 heavy (non-hydrogen) atoms. The van der Waals surface area contributed by atoms with Crippen molar-refractivity contribution in [2.75, 3.05) is 0 Å². The summed E-state index contributed by atoms with van der Waals surface area (Å²) in [5.41, 5.74) is 0.712. The fourth-order valence-corrected chi connectivity index (χ4v) is 1.04. The van der Waals surface area contributed by atoms with Crippen LogP contribution in [0.4, 0.5) is 0 Å². The van der Waals surface area contributed by atoms with Crippen LogP contribution in [0, 0.1) is 0 Å². The first kappa shape index (κ1) is 6.78. The Morgan fingerprint density at radius 3 is 3.17 bits per heavy atom. The smallest absolute Gasteiger partial charge is 0.336 e. The van der Waals surface area contributed by atoms with Gasteiger partial charge in [0.15, 0.2) is 5.65 Å². The second-order valence-corrected chi connectivity index (χ2v) is 2.30. The highest BCUT2D eigenvalue weighted by atomic mass is 16.4. The Labute approximate surface area is 67.1 Å². The normalized spacial score (nSPS) is 10.3. The van der Waals surface area contributed by atoms with E-state index < -0.39 is 5.97 Å². The Morgan fingerprint density at radius 2 is 2.42 bits per heavy atom. The van der Waals surface area contributed by atoms with Crippen molar-refractivity contribution < 1.29 is 9.90 Å². The third kappa shape index (κ3) is 0.833. The molecule has 0 atom stereocenters. The van der Waals surface area contributed by atoms with Gasteiger partial charge >= 0.3 is 5.97 Å². The van der Waals surface area contributed by atoms with Gasteiger partial charge in [-0.25, -0.2) is 9.78 Å². The van der Waals surface area contributed by atoms with Crippen LogP contribution in [0.5, 0.6) is 0 Å². The zero-order valence-electron chi connectivity index (χ0n) is 5.98. The Hall–Kier alpha value is -1.91. The first-order chi connectivity index (χ1) is 5.79. The number of H-pyrrole nitrogens is 1. The SMILES string of the molecule is O=C(O)c1ccnc2[nH]ncc12. The van der Waals surface area contributed by atoms with E-state index in [0.717, 1.165) is 0 Å². The van der Waals surface area contributed by atoms with Gasteiger partial charge in [0.05, 0.1) is 17.1 Å². The number of hydrogen-bond acceptors (Lipinski definition) is 3. The molecule has 0 saturated heterocycles. The highest BCUT2D eigenvalue weighted by Gasteiger charge is 2.08. The highest BCUT2D eigenvalue weighted by molar-refractivity contribution is 6.00. The van der Waals surface area contributed by atoms with Crippen LogP contribution in [0.15, 0.2) is 18.5 Å². The minimum atomic E-state index is -0.969. The van der Waals surface area contributed by atoms with Crippen LogP contribution in [0.3, 0.4) is 0 Å². The molecule has 5 nitrogen and oxygen atoms in total. The second kappa shape index (κ2) is 2.30. The van der Waals surface area contributed by atoms with Crippen molar-refractivity contribution in [3.05, 3.63) is 24.0 Å². The molecule has 5 heteroatoms. The quantitative estimate of drug-likeness (QED) is 0.647. The fraction of sp³-hybridized carbons (Fsp3) is 0. The van der Waals surface area contributed by atoms with Crippen LogP contribution in [-0.2, 0) is 0 Å². The zero-order chi connectivity index (χ0) is 8.55. The van der Waals surface area contributed by atoms with Gasteiger partial charge in [-0.15, -0.1) is 0 Å². The van der Waals surface area contributed by atoms with Crippen LogP contribution in [0.25, 0.3) is 11.0 Å². The number of rotatable bonds is 1. The van der Waals surface area contributed by atoms with Crippen molar-refractivity contribution in [3.8, 4) is 0 Å². The molecule has 0 aliphatic rings. The minimum Gasteiger partial charge on any atom is -0.478 e. The van der Waals surface area contributed by atoms with Crippen molar-refractivity contribution in [2.24, 2.45) is 0 Å². The first-order valence-corrected chi connectivity index (χ1v) is 3.30. The lowest BCUT2D eigenvalue weighted by Gasteiger charge is -1.93. The Balaban J connectivity index is 2.82. The molecule has 0 amide bonds. The summed E-state index contributed by atoms with van der Waals surface area (Å²) in [6, 6.07) is 1.44. The average molecular weight is 163 g/mol. The average Bonchev–Trinajstić information content (AvgIpc) is 2.49. The largest absolute Gasteiger partial charge is 0.478 e. The van der Waals surface area contributed by atoms with Gasteiger partial charge in [-0.1, -0.05) is 0 Å². The van der Waals surface area contributed by atoms with E-state index in [-0.39, 0.29) is 5.56 Å². The number of nitrogens with one attached hydrogen (secondary N) is 1. The Morgan fingerprint density at radius 1 is 1.58 bits per heavy atom. The maximum absolute atomic E-state index is 10.6. The molecule has 2 heterocycles. The van der Waals surface area contributed by atoms with Crippen molar-refractivity contribution >= 4 is 17.0 Å². The lowest BCUT2D eigenvalue weighted by atomic mass is 10.2. The van der Waals surface area contributed by atoms with Gasteiger partial charge in [-0.3, -0.25) is 5.10 Å². The molecule has 0 saturated carbocycles. The number of aromatic nitrogens is 3. The standard InChI is InChI=1S/C7H5N3O2/c11-7(12)4-1-2-8-6-5(4)3-9-10-6/h1-3H,(H,11,12)(H,8,9,10). The number of carboxylic acid groups (broad SMARTS) is 1. The summed E-state index contributed by atoms with van der Waals surface area (Å²) in [7, 11) is 0. The van der Waals surface area contributed by atoms with Crippen LogP contribution in [0.2, 0.25) is 0 Å². The van der Waals surface area contributed by atoms with Gasteiger partial charge < -0.3 is 5.11 Å². The van der Waals surface area contributed by atoms with E-state index in [1.807, 2.05) is 0 Å². The van der Waals surface area contributed by atoms with E-state index in [1.54, 1.807) is 0 Å². The van der Waals surface area contributed by atoms with Crippen molar-refractivity contribution in [1.82, 2.24) is 15.2 Å². The third-order valence-electron chi connectivity index (χ3n) is 1.58. The number of pyridine rings is 1. The molecule has 2 aromatic rings. The molecule has 0 fully saturated rings. The van der Waals surface area contributed by atoms with Gasteiger partial charge in [0, 0.05) is 6.20 Å². The number of nitrogens with zero attached hydrogens (tertiary/aromatic N) is 2. The van der Waals surface area contributed by atoms with Gasteiger partial charge in [0.2, 0.25) is 0 Å². The van der Waals surface area contributed by atoms with Crippen molar-refractivity contribution in [1.29, 1.82) is 0 Å². The van der Waals surface area contributed by atoms with E-state index in [4.69, 9.17) is 5.11 Å². The molecule has 0 unspecified atom stereocenters. The van der Waals surface area contributed by atoms with E-state index in [0.29, 0.717) is 11.0 Å². The van der Waals surface area contributed by atoms with Crippen molar-refractivity contribution in [2.45, 2.75) is 0 Å². The Kier molecular flexibility index (Phi) is 1.30. The van der Waals surface area contributed by atoms with E-state index in [2.05, 4.69) is 15.2 Å². The summed E-state index contributed by atoms with van der Waals surface area (Å²) in [4.78, 5) is 14.5. The first-order valence-electron chi connectivity index (χ1n) is 3.30. The molecule has 0 aliphatic carbocycles. The summed E-state index contributed by atoms with van der Waals surface area (Å²) in [5, 5.41) is 15.5. The lowest BCUT2D eigenvalue weighted by Crippen LogP contribution is -1.96. The van der Waals surface area contributed by atoms with E-state index in [1.165, 1.54) is 18.5 Å². The van der Waals surface area contributed by atoms with Crippen LogP contribution >= 0.6 is 0 Å². The molecule has 0 spiro atoms. The lowest BCUT2D eigenvalue weighted by molar-refractivity contribution is 0.0699. The number of aromatic amines is 1. The van der Waals surface area contributed by atoms with Crippen LogP contribution in [0.1, 0.15) is 10.4 Å². The summed E-state index contributed by atoms with van der Waals surface area (Å²) < 4.78 is 0. The number of fused-ring (bicyclic) bond motifs is 1. The number of hydrogen-bond donors (Lipinski definition) is 2. The van der Waals surface area contributed by atoms with Crippen LogP contribution in [-0.4, -0.2) is 26.3 Å². The fourth-order valence-electron chi connectivity index (χ4n) is 1.04. The Bertz CT molecular complexity index is 435. The zero-order valence-corrected chi connectivity index (χ0v) is 5.98. The summed E-state index contributed by atoms with van der Waals surface area (Å²) in [5.74, 6) is -0.969. The monoisotopic (exact) mass is 163 g/mol. The number of carbonyl (C=O) groups is 1. The molecular weight excluding hydrogens is 158 g/mol. The number of aromatic carboxylic acids is 1. The van der Waals surface area contributed by atoms with Gasteiger partial charge in [-0.2, -0.15) is 5.10 Å². The van der Waals surface area contributed by atoms with Gasteiger partial charge in [-0.05, 0) is 6.07 Å². The molecule has 60 valence electrons. The molecule has 0 radical (unpaired) electrons. The molecule has 0 aromatic carbocycles. The van der Waals surface area contributed by atoms with Gasteiger partial charge in [0.1, 0.15) is 0 Å². The maximum Gasteiger partial charge on any atom is 0.336 e. The summed E-state index contributed by atoms with van der Waals surface area (Å²) in [6.07, 6.45) is 2.88. The predicted octanol–water partition coefficient (Wildman–Crippen LogP) is 0.656. The molecule has 0 aliphatic heterocycles. The maximum atomic E-state index is 10.6. The van der Waals surface area contributed by atoms with Crippen LogP contribution < -0.4 is 0 Å². The summed E-state index contributed by atoms with van der Waals surface area (Å²) in [6.45, 7) is 0. The van der Waals surface area contributed by atoms with Gasteiger partial charge in [0.25, 0.3) is 0 Å². The molecule has 2 rings (SSSR count). The molecular formula is C7H5N3O2. The highest BCUT2D eigenvalue weighted by Crippen LogP contribution is 2.12. The number of carboxylic acids is 1. The topological polar surface area (TPSA) is 78.9 Å². The van der Waals surface area contributed by atoms with Crippen molar-refractivity contribution in [3.63, 3.8) is 0 Å². The third-order valence-corrected chi connectivity index (χ3v) is 1.58.